The number of fused-ring (bicyclic) bond motifs is 1. The van der Waals surface area contributed by atoms with Gasteiger partial charge in [-0.1, -0.05) is 17.7 Å². The summed E-state index contributed by atoms with van der Waals surface area (Å²) in [5.74, 6) is -2.15. The molecule has 1 aromatic heterocycles. The normalized spacial score (nSPS) is 11.7. The lowest BCUT2D eigenvalue weighted by Gasteiger charge is -2.10. The number of hydrogen-bond donors (Lipinski definition) is 1. The summed E-state index contributed by atoms with van der Waals surface area (Å²) >= 11 is 5.99. The van der Waals surface area contributed by atoms with Gasteiger partial charge in [-0.3, -0.25) is 9.48 Å². The van der Waals surface area contributed by atoms with Crippen LogP contribution < -0.4 is 4.74 Å². The lowest BCUT2D eigenvalue weighted by molar-refractivity contribution is -0.274. The summed E-state index contributed by atoms with van der Waals surface area (Å²) in [6, 6.07) is 7.20. The smallest absolute Gasteiger partial charge is 0.481 e. The first-order chi connectivity index (χ1) is 12.6. The van der Waals surface area contributed by atoms with Crippen LogP contribution in [0, 0.1) is 5.82 Å². The van der Waals surface area contributed by atoms with E-state index in [0.29, 0.717) is 10.9 Å². The van der Waals surface area contributed by atoms with Gasteiger partial charge in [-0.05, 0) is 29.8 Å². The molecule has 3 rings (SSSR count). The fraction of sp³-hybridized carbons (Fsp3) is 0.176. The van der Waals surface area contributed by atoms with Crippen molar-refractivity contribution in [2.75, 3.05) is 0 Å². The molecule has 0 atom stereocenters. The van der Waals surface area contributed by atoms with Crippen LogP contribution in [-0.4, -0.2) is 27.2 Å². The second kappa shape index (κ2) is 7.07. The van der Waals surface area contributed by atoms with Crippen molar-refractivity contribution in [3.05, 3.63) is 58.5 Å². The lowest BCUT2D eigenvalue weighted by Crippen LogP contribution is -2.17. The van der Waals surface area contributed by atoms with E-state index in [0.717, 1.165) is 18.2 Å². The number of aliphatic carboxylic acids is 1. The van der Waals surface area contributed by atoms with E-state index in [1.165, 1.54) is 22.9 Å². The van der Waals surface area contributed by atoms with Crippen molar-refractivity contribution in [3.63, 3.8) is 0 Å². The number of carboxylic acid groups (broad SMARTS) is 1. The Morgan fingerprint density at radius 3 is 2.59 bits per heavy atom. The summed E-state index contributed by atoms with van der Waals surface area (Å²) in [5.41, 5.74) is 0.870. The predicted octanol–water partition coefficient (Wildman–Crippen LogP) is 4.40. The SMILES string of the molecule is O=C(O)Cc1nn(Cc2ccc(F)cc2Cl)c2cc(OC(F)(F)F)ccc12. The number of rotatable bonds is 5. The molecule has 0 bridgehead atoms. The van der Waals surface area contributed by atoms with E-state index in [1.807, 2.05) is 0 Å². The number of halogens is 5. The highest BCUT2D eigenvalue weighted by atomic mass is 35.5. The molecule has 2 aromatic carbocycles. The number of nitrogens with zero attached hydrogens (tertiary/aromatic N) is 2. The van der Waals surface area contributed by atoms with Crippen LogP contribution >= 0.6 is 11.6 Å². The quantitative estimate of drug-likeness (QED) is 0.642. The number of aromatic nitrogens is 2. The highest BCUT2D eigenvalue weighted by Crippen LogP contribution is 2.29. The number of hydrogen-bond acceptors (Lipinski definition) is 3. The number of carboxylic acids is 1. The van der Waals surface area contributed by atoms with Gasteiger partial charge in [0.15, 0.2) is 0 Å². The first-order valence-corrected chi connectivity index (χ1v) is 7.91. The van der Waals surface area contributed by atoms with Crippen LogP contribution in [0.2, 0.25) is 5.02 Å². The molecule has 0 unspecified atom stereocenters. The first kappa shape index (κ1) is 19.0. The Kier molecular flexibility index (Phi) is 4.97. The average Bonchev–Trinajstić information content (AvgIpc) is 2.85. The predicted molar refractivity (Wildman–Crippen MR) is 88.3 cm³/mol. The highest BCUT2D eigenvalue weighted by Gasteiger charge is 2.31. The zero-order chi connectivity index (χ0) is 19.8. The van der Waals surface area contributed by atoms with Gasteiger partial charge in [0.2, 0.25) is 0 Å². The summed E-state index contributed by atoms with van der Waals surface area (Å²) in [6.45, 7) is 0.00467. The molecule has 27 heavy (non-hydrogen) atoms. The fourth-order valence-corrected chi connectivity index (χ4v) is 2.85. The van der Waals surface area contributed by atoms with E-state index < -0.39 is 30.3 Å². The second-order valence-corrected chi connectivity index (χ2v) is 6.04. The molecule has 0 fully saturated rings. The number of alkyl halides is 3. The van der Waals surface area contributed by atoms with Crippen LogP contribution in [0.4, 0.5) is 17.6 Å². The molecule has 3 aromatic rings. The molecule has 0 saturated carbocycles. The average molecular weight is 403 g/mol. The minimum atomic E-state index is -4.87. The van der Waals surface area contributed by atoms with E-state index in [9.17, 15) is 22.4 Å². The van der Waals surface area contributed by atoms with Gasteiger partial charge in [0.25, 0.3) is 0 Å². The molecule has 0 radical (unpaired) electrons. The maximum absolute atomic E-state index is 13.2. The van der Waals surface area contributed by atoms with Crippen molar-refractivity contribution in [1.29, 1.82) is 0 Å². The van der Waals surface area contributed by atoms with E-state index >= 15 is 0 Å². The van der Waals surface area contributed by atoms with E-state index in [2.05, 4.69) is 9.84 Å². The Balaban J connectivity index is 2.08. The van der Waals surface area contributed by atoms with Crippen LogP contribution in [0.3, 0.4) is 0 Å². The monoisotopic (exact) mass is 402 g/mol. The Morgan fingerprint density at radius 1 is 1.22 bits per heavy atom. The molecule has 5 nitrogen and oxygen atoms in total. The minimum Gasteiger partial charge on any atom is -0.481 e. The summed E-state index contributed by atoms with van der Waals surface area (Å²) in [6.07, 6.45) is -5.29. The molecule has 0 aliphatic carbocycles. The highest BCUT2D eigenvalue weighted by molar-refractivity contribution is 6.31. The Morgan fingerprint density at radius 2 is 1.96 bits per heavy atom. The Hall–Kier alpha value is -2.81. The van der Waals surface area contributed by atoms with Crippen LogP contribution in [-0.2, 0) is 17.8 Å². The van der Waals surface area contributed by atoms with Gasteiger partial charge in [-0.2, -0.15) is 5.10 Å². The molecular formula is C17H11ClF4N2O3. The van der Waals surface area contributed by atoms with Crippen molar-refractivity contribution in [2.24, 2.45) is 0 Å². The zero-order valence-corrected chi connectivity index (χ0v) is 14.2. The number of benzene rings is 2. The van der Waals surface area contributed by atoms with E-state index in [4.69, 9.17) is 16.7 Å². The van der Waals surface area contributed by atoms with Gasteiger partial charge >= 0.3 is 12.3 Å². The van der Waals surface area contributed by atoms with Gasteiger partial charge in [-0.15, -0.1) is 13.2 Å². The van der Waals surface area contributed by atoms with Crippen molar-refractivity contribution in [1.82, 2.24) is 9.78 Å². The summed E-state index contributed by atoms with van der Waals surface area (Å²) in [4.78, 5) is 11.0. The molecule has 0 amide bonds. The van der Waals surface area contributed by atoms with Gasteiger partial charge in [0, 0.05) is 16.5 Å². The van der Waals surface area contributed by atoms with Crippen LogP contribution in [0.1, 0.15) is 11.3 Å². The number of carbonyl (C=O) groups is 1. The zero-order valence-electron chi connectivity index (χ0n) is 13.4. The van der Waals surface area contributed by atoms with Crippen LogP contribution in [0.25, 0.3) is 10.9 Å². The van der Waals surface area contributed by atoms with Crippen molar-refractivity contribution in [3.8, 4) is 5.75 Å². The molecule has 0 aliphatic rings. The summed E-state index contributed by atoms with van der Waals surface area (Å²) < 4.78 is 55.9. The lowest BCUT2D eigenvalue weighted by atomic mass is 10.1. The first-order valence-electron chi connectivity index (χ1n) is 7.53. The Labute approximate surface area is 154 Å². The van der Waals surface area contributed by atoms with E-state index in [1.54, 1.807) is 0 Å². The standard InChI is InChI=1S/C17H11ClF4N2O3/c18-13-5-10(19)2-1-9(13)8-24-15-6-11(27-17(20,21)22)3-4-12(15)14(23-24)7-16(25)26/h1-6H,7-8H2,(H,25,26). The maximum atomic E-state index is 13.2. The molecule has 1 N–H and O–H groups in total. The topological polar surface area (TPSA) is 64.3 Å². The molecule has 0 saturated heterocycles. The van der Waals surface area contributed by atoms with Gasteiger partial charge in [0.1, 0.15) is 11.6 Å². The van der Waals surface area contributed by atoms with Gasteiger partial charge < -0.3 is 9.84 Å². The van der Waals surface area contributed by atoms with Crippen molar-refractivity contribution >= 4 is 28.5 Å². The van der Waals surface area contributed by atoms with Crippen molar-refractivity contribution in [2.45, 2.75) is 19.3 Å². The largest absolute Gasteiger partial charge is 0.573 e. The van der Waals surface area contributed by atoms with Crippen LogP contribution in [0.5, 0.6) is 5.75 Å². The van der Waals surface area contributed by atoms with Gasteiger partial charge in [0.05, 0.1) is 24.2 Å². The minimum absolute atomic E-state index is 0.00467. The third-order valence-corrected chi connectivity index (χ3v) is 4.04. The van der Waals surface area contributed by atoms with E-state index in [-0.39, 0.29) is 22.8 Å². The van der Waals surface area contributed by atoms with Crippen LogP contribution in [0.15, 0.2) is 36.4 Å². The third kappa shape index (κ3) is 4.48. The maximum Gasteiger partial charge on any atom is 0.573 e. The second-order valence-electron chi connectivity index (χ2n) is 5.64. The Bertz CT molecular complexity index is 1020. The molecule has 142 valence electrons. The van der Waals surface area contributed by atoms with Crippen molar-refractivity contribution < 1.29 is 32.2 Å². The molecule has 0 aliphatic heterocycles. The molecule has 0 spiro atoms. The molecule has 10 heteroatoms. The molecule has 1 heterocycles. The third-order valence-electron chi connectivity index (χ3n) is 3.69. The van der Waals surface area contributed by atoms with Gasteiger partial charge in [-0.25, -0.2) is 4.39 Å². The number of ether oxygens (including phenoxy) is 1. The summed E-state index contributed by atoms with van der Waals surface area (Å²) in [7, 11) is 0. The molecular weight excluding hydrogens is 392 g/mol. The fourth-order valence-electron chi connectivity index (χ4n) is 2.63. The summed E-state index contributed by atoms with van der Waals surface area (Å²) in [5, 5.41) is 13.7.